The van der Waals surface area contributed by atoms with Gasteiger partial charge in [0.1, 0.15) is 0 Å². The van der Waals surface area contributed by atoms with Crippen LogP contribution in [0.4, 0.5) is 4.79 Å². The Bertz CT molecular complexity index is 802. The number of carbonyl (C=O) groups is 2. The van der Waals surface area contributed by atoms with Crippen LogP contribution in [0.25, 0.3) is 0 Å². The standard InChI is InChI=1S/C20H25N5O2.ClH/c1-14-5-2-3-7-16(14)17(24-20(21)27)11-19(26)25-10-9-23-13-18(25)15-6-4-8-22-12-15;/h2-8,12,17-18,23H,9-11,13H2,1H3,(H3,21,24,27);1H. The first-order valence-electron chi connectivity index (χ1n) is 9.08. The summed E-state index contributed by atoms with van der Waals surface area (Å²) >= 11 is 0. The molecule has 0 bridgehead atoms. The number of halogens is 1. The Balaban J connectivity index is 0.00000280. The third-order valence-corrected chi connectivity index (χ3v) is 4.89. The lowest BCUT2D eigenvalue weighted by Gasteiger charge is -2.37. The first kappa shape index (κ1) is 21.7. The molecule has 8 heteroatoms. The number of nitrogens with one attached hydrogen (secondary N) is 2. The molecule has 2 heterocycles. The predicted octanol–water partition coefficient (Wildman–Crippen LogP) is 2.08. The molecule has 4 N–H and O–H groups in total. The molecule has 2 atom stereocenters. The summed E-state index contributed by atoms with van der Waals surface area (Å²) in [6.45, 7) is 3.98. The minimum Gasteiger partial charge on any atom is -0.352 e. The molecular formula is C20H26ClN5O2. The molecule has 1 fully saturated rings. The van der Waals surface area contributed by atoms with Crippen molar-refractivity contribution in [1.82, 2.24) is 20.5 Å². The minimum atomic E-state index is -0.639. The van der Waals surface area contributed by atoms with Gasteiger partial charge in [0.05, 0.1) is 18.5 Å². The number of hydrogen-bond donors (Lipinski definition) is 3. The molecule has 0 aliphatic carbocycles. The van der Waals surface area contributed by atoms with Gasteiger partial charge in [-0.3, -0.25) is 9.78 Å². The van der Waals surface area contributed by atoms with Gasteiger partial charge in [-0.05, 0) is 29.7 Å². The quantitative estimate of drug-likeness (QED) is 0.711. The summed E-state index contributed by atoms with van der Waals surface area (Å²) in [5.74, 6) is -0.0210. The van der Waals surface area contributed by atoms with Gasteiger partial charge in [-0.25, -0.2) is 4.79 Å². The molecule has 1 aromatic carbocycles. The summed E-state index contributed by atoms with van der Waals surface area (Å²) in [6, 6.07) is 10.4. The van der Waals surface area contributed by atoms with Gasteiger partial charge in [-0.15, -0.1) is 12.4 Å². The number of benzene rings is 1. The molecule has 1 saturated heterocycles. The van der Waals surface area contributed by atoms with E-state index in [0.717, 1.165) is 23.2 Å². The summed E-state index contributed by atoms with van der Waals surface area (Å²) in [5, 5.41) is 6.06. The minimum absolute atomic E-state index is 0. The fourth-order valence-electron chi connectivity index (χ4n) is 3.55. The predicted molar refractivity (Wildman–Crippen MR) is 110 cm³/mol. The molecule has 150 valence electrons. The van der Waals surface area contributed by atoms with E-state index in [4.69, 9.17) is 5.73 Å². The van der Waals surface area contributed by atoms with Gasteiger partial charge in [0, 0.05) is 32.0 Å². The molecule has 0 radical (unpaired) electrons. The molecule has 2 aromatic rings. The lowest BCUT2D eigenvalue weighted by Crippen LogP contribution is -2.49. The highest BCUT2D eigenvalue weighted by molar-refractivity contribution is 5.85. The van der Waals surface area contributed by atoms with Gasteiger partial charge in [0.15, 0.2) is 0 Å². The van der Waals surface area contributed by atoms with Crippen molar-refractivity contribution in [3.8, 4) is 0 Å². The zero-order valence-corrected chi connectivity index (χ0v) is 16.6. The van der Waals surface area contributed by atoms with Crippen molar-refractivity contribution < 1.29 is 9.59 Å². The van der Waals surface area contributed by atoms with Crippen molar-refractivity contribution in [2.75, 3.05) is 19.6 Å². The van der Waals surface area contributed by atoms with Crippen LogP contribution in [0.2, 0.25) is 0 Å². The van der Waals surface area contributed by atoms with Crippen molar-refractivity contribution in [2.45, 2.75) is 25.4 Å². The number of aromatic nitrogens is 1. The lowest BCUT2D eigenvalue weighted by atomic mass is 9.97. The highest BCUT2D eigenvalue weighted by Crippen LogP contribution is 2.26. The molecular weight excluding hydrogens is 378 g/mol. The Morgan fingerprint density at radius 1 is 1.32 bits per heavy atom. The summed E-state index contributed by atoms with van der Waals surface area (Å²) in [5.41, 5.74) is 8.26. The van der Waals surface area contributed by atoms with Crippen LogP contribution in [-0.2, 0) is 4.79 Å². The third-order valence-electron chi connectivity index (χ3n) is 4.89. The SMILES string of the molecule is Cc1ccccc1C(CC(=O)N1CCNCC1c1cccnc1)NC(N)=O.Cl. The maximum absolute atomic E-state index is 13.1. The van der Waals surface area contributed by atoms with Crippen molar-refractivity contribution >= 4 is 24.3 Å². The third kappa shape index (κ3) is 5.21. The van der Waals surface area contributed by atoms with Crippen LogP contribution in [0.1, 0.15) is 35.2 Å². The largest absolute Gasteiger partial charge is 0.352 e. The fraction of sp³-hybridized carbons (Fsp3) is 0.350. The Morgan fingerprint density at radius 3 is 2.79 bits per heavy atom. The second kappa shape index (κ2) is 10.1. The summed E-state index contributed by atoms with van der Waals surface area (Å²) in [7, 11) is 0. The van der Waals surface area contributed by atoms with Crippen LogP contribution in [0.3, 0.4) is 0 Å². The zero-order chi connectivity index (χ0) is 19.2. The van der Waals surface area contributed by atoms with E-state index in [1.54, 1.807) is 12.4 Å². The lowest BCUT2D eigenvalue weighted by molar-refractivity contribution is -0.135. The summed E-state index contributed by atoms with van der Waals surface area (Å²) < 4.78 is 0. The average molecular weight is 404 g/mol. The molecule has 1 aliphatic rings. The summed E-state index contributed by atoms with van der Waals surface area (Å²) in [4.78, 5) is 30.7. The Hall–Kier alpha value is -2.64. The molecule has 0 saturated carbocycles. The highest BCUT2D eigenvalue weighted by Gasteiger charge is 2.30. The Morgan fingerprint density at radius 2 is 2.11 bits per heavy atom. The van der Waals surface area contributed by atoms with E-state index in [9.17, 15) is 9.59 Å². The van der Waals surface area contributed by atoms with Crippen LogP contribution in [0.15, 0.2) is 48.8 Å². The molecule has 3 amide bonds. The smallest absolute Gasteiger partial charge is 0.312 e. The van der Waals surface area contributed by atoms with Gasteiger partial charge >= 0.3 is 6.03 Å². The van der Waals surface area contributed by atoms with Crippen LogP contribution in [0.5, 0.6) is 0 Å². The number of hydrogen-bond acceptors (Lipinski definition) is 4. The molecule has 1 aliphatic heterocycles. The molecule has 7 nitrogen and oxygen atoms in total. The van der Waals surface area contributed by atoms with Crippen LogP contribution < -0.4 is 16.4 Å². The summed E-state index contributed by atoms with van der Waals surface area (Å²) in [6.07, 6.45) is 3.67. The number of aryl methyl sites for hydroxylation is 1. The number of pyridine rings is 1. The zero-order valence-electron chi connectivity index (χ0n) is 15.8. The Labute approximate surface area is 171 Å². The van der Waals surface area contributed by atoms with E-state index in [1.807, 2.05) is 48.2 Å². The second-order valence-electron chi connectivity index (χ2n) is 6.72. The van der Waals surface area contributed by atoms with Crippen molar-refractivity contribution in [3.05, 3.63) is 65.5 Å². The van der Waals surface area contributed by atoms with Gasteiger partial charge in [-0.2, -0.15) is 0 Å². The number of piperazine rings is 1. The number of amides is 3. The number of carbonyl (C=O) groups excluding carboxylic acids is 2. The van der Waals surface area contributed by atoms with Gasteiger partial charge in [0.25, 0.3) is 0 Å². The average Bonchev–Trinajstić information content (AvgIpc) is 2.68. The molecule has 1 aromatic heterocycles. The van der Waals surface area contributed by atoms with Crippen molar-refractivity contribution in [3.63, 3.8) is 0 Å². The van der Waals surface area contributed by atoms with E-state index < -0.39 is 12.1 Å². The van der Waals surface area contributed by atoms with Crippen LogP contribution in [0, 0.1) is 6.92 Å². The number of rotatable bonds is 5. The second-order valence-corrected chi connectivity index (χ2v) is 6.72. The van der Waals surface area contributed by atoms with E-state index in [2.05, 4.69) is 15.6 Å². The van der Waals surface area contributed by atoms with Gasteiger partial charge in [0.2, 0.25) is 5.91 Å². The van der Waals surface area contributed by atoms with Crippen LogP contribution in [-0.4, -0.2) is 41.5 Å². The Kier molecular flexibility index (Phi) is 7.78. The van der Waals surface area contributed by atoms with E-state index in [1.165, 1.54) is 0 Å². The van der Waals surface area contributed by atoms with E-state index >= 15 is 0 Å². The maximum Gasteiger partial charge on any atom is 0.312 e. The molecule has 0 spiro atoms. The van der Waals surface area contributed by atoms with Gasteiger partial charge < -0.3 is 21.3 Å². The maximum atomic E-state index is 13.1. The van der Waals surface area contributed by atoms with Crippen LogP contribution >= 0.6 is 12.4 Å². The van der Waals surface area contributed by atoms with E-state index in [0.29, 0.717) is 13.1 Å². The number of nitrogens with two attached hydrogens (primary N) is 1. The molecule has 28 heavy (non-hydrogen) atoms. The topological polar surface area (TPSA) is 100 Å². The van der Waals surface area contributed by atoms with Gasteiger partial charge in [-0.1, -0.05) is 30.3 Å². The van der Waals surface area contributed by atoms with E-state index in [-0.39, 0.29) is 30.8 Å². The van der Waals surface area contributed by atoms with Crippen molar-refractivity contribution in [1.29, 1.82) is 0 Å². The fourth-order valence-corrected chi connectivity index (χ4v) is 3.55. The highest BCUT2D eigenvalue weighted by atomic mass is 35.5. The molecule has 2 unspecified atom stereocenters. The number of urea groups is 1. The molecule has 3 rings (SSSR count). The monoisotopic (exact) mass is 403 g/mol. The normalized spacial score (nSPS) is 17.3. The van der Waals surface area contributed by atoms with Crippen molar-refractivity contribution in [2.24, 2.45) is 5.73 Å². The first-order valence-corrected chi connectivity index (χ1v) is 9.08. The number of primary amides is 1. The first-order chi connectivity index (χ1) is 13.1. The number of nitrogens with zero attached hydrogens (tertiary/aromatic N) is 2.